The molecule has 0 aromatic heterocycles. The molecule has 5 N–H and O–H groups in total. The summed E-state index contributed by atoms with van der Waals surface area (Å²) in [6.07, 6.45) is 0. The molecule has 0 heterocycles. The Morgan fingerprint density at radius 3 is 2.00 bits per heavy atom. The number of hydrogen-bond acceptors (Lipinski definition) is 8. The summed E-state index contributed by atoms with van der Waals surface area (Å²) in [7, 11) is 1.25. The molecule has 2 aromatic carbocycles. The lowest BCUT2D eigenvalue weighted by molar-refractivity contribution is 0.0602. The topological polar surface area (TPSA) is 140 Å². The van der Waals surface area contributed by atoms with Crippen LogP contribution in [0.25, 0.3) is 0 Å². The van der Waals surface area contributed by atoms with Crippen molar-refractivity contribution >= 4 is 34.5 Å². The third kappa shape index (κ3) is 3.73. The third-order valence-electron chi connectivity index (χ3n) is 3.20. The highest BCUT2D eigenvalue weighted by molar-refractivity contribution is 6.02. The highest BCUT2D eigenvalue weighted by atomic mass is 16.5. The number of aliphatic hydroxyl groups is 1. The maximum atomic E-state index is 11.6. The molecule has 8 heteroatoms. The predicted octanol–water partition coefficient (Wildman–Crippen LogP) is 2.23. The first kappa shape index (κ1) is 17.1. The van der Waals surface area contributed by atoms with Crippen molar-refractivity contribution < 1.29 is 19.4 Å². The number of nitrogens with two attached hydrogens (primary N) is 2. The number of anilines is 2. The van der Waals surface area contributed by atoms with Gasteiger partial charge in [-0.15, -0.1) is 0 Å². The van der Waals surface area contributed by atoms with Crippen LogP contribution >= 0.6 is 0 Å². The van der Waals surface area contributed by atoms with Gasteiger partial charge in [0.1, 0.15) is 6.61 Å². The van der Waals surface area contributed by atoms with Gasteiger partial charge in [0.15, 0.2) is 5.78 Å². The second-order valence-electron chi connectivity index (χ2n) is 4.82. The number of azo groups is 1. The van der Waals surface area contributed by atoms with E-state index >= 15 is 0 Å². The molecule has 0 unspecified atom stereocenters. The molecular formula is C16H16N4O4. The van der Waals surface area contributed by atoms with Crippen molar-refractivity contribution in [1.82, 2.24) is 0 Å². The number of rotatable bonds is 5. The smallest absolute Gasteiger partial charge is 0.340 e. The van der Waals surface area contributed by atoms with Crippen LogP contribution in [-0.2, 0) is 4.74 Å². The Labute approximate surface area is 137 Å². The summed E-state index contributed by atoms with van der Waals surface area (Å²) in [4.78, 5) is 23.2. The van der Waals surface area contributed by atoms with Gasteiger partial charge in [-0.2, -0.15) is 10.2 Å². The van der Waals surface area contributed by atoms with Crippen molar-refractivity contribution in [2.24, 2.45) is 10.2 Å². The van der Waals surface area contributed by atoms with Crippen molar-refractivity contribution in [2.45, 2.75) is 0 Å². The molecule has 2 rings (SSSR count). The molecule has 0 aliphatic heterocycles. The number of carbonyl (C=O) groups excluding carboxylic acids is 2. The summed E-state index contributed by atoms with van der Waals surface area (Å²) < 4.78 is 4.64. The maximum absolute atomic E-state index is 11.6. The first-order chi connectivity index (χ1) is 11.5. The molecular weight excluding hydrogens is 312 g/mol. The number of ketones is 1. The average Bonchev–Trinajstić information content (AvgIpc) is 2.60. The van der Waals surface area contributed by atoms with E-state index in [1.54, 1.807) is 12.1 Å². The number of hydrogen-bond donors (Lipinski definition) is 3. The van der Waals surface area contributed by atoms with Crippen LogP contribution in [0, 0.1) is 0 Å². The van der Waals surface area contributed by atoms with E-state index in [0.717, 1.165) is 0 Å². The molecule has 0 atom stereocenters. The molecule has 0 saturated carbocycles. The zero-order chi connectivity index (χ0) is 17.7. The molecule has 0 amide bonds. The molecule has 0 aliphatic rings. The Bertz CT molecular complexity index is 750. The lowest BCUT2D eigenvalue weighted by Crippen LogP contribution is -2.07. The normalized spacial score (nSPS) is 10.8. The quantitative estimate of drug-likeness (QED) is 0.333. The summed E-state index contributed by atoms with van der Waals surface area (Å²) >= 11 is 0. The second kappa shape index (κ2) is 7.34. The van der Waals surface area contributed by atoms with Gasteiger partial charge in [-0.3, -0.25) is 4.79 Å². The van der Waals surface area contributed by atoms with Gasteiger partial charge in [0.2, 0.25) is 0 Å². The first-order valence-corrected chi connectivity index (χ1v) is 6.89. The van der Waals surface area contributed by atoms with Gasteiger partial charge in [-0.05, 0) is 36.4 Å². The molecule has 0 saturated heterocycles. The second-order valence-corrected chi connectivity index (χ2v) is 4.82. The molecule has 0 bridgehead atoms. The Hall–Kier alpha value is -3.26. The zero-order valence-electron chi connectivity index (χ0n) is 12.9. The molecule has 124 valence electrons. The number of nitrogens with zero attached hydrogens (tertiary/aromatic N) is 2. The fourth-order valence-corrected chi connectivity index (χ4v) is 1.94. The Balaban J connectivity index is 2.31. The molecule has 0 radical (unpaired) electrons. The van der Waals surface area contributed by atoms with Gasteiger partial charge in [0.05, 0.1) is 24.0 Å². The number of nitrogen functional groups attached to an aromatic ring is 2. The van der Waals surface area contributed by atoms with Gasteiger partial charge >= 0.3 is 5.97 Å². The minimum atomic E-state index is -0.648. The Kier molecular flexibility index (Phi) is 5.23. The van der Waals surface area contributed by atoms with Gasteiger partial charge in [-0.1, -0.05) is 0 Å². The molecule has 8 nitrogen and oxygen atoms in total. The molecule has 0 spiro atoms. The SMILES string of the molecule is COC(=O)c1cc(N=Nc2ccc(N)c(C(=O)CO)c2)ccc1N. The highest BCUT2D eigenvalue weighted by Gasteiger charge is 2.11. The van der Waals surface area contributed by atoms with Gasteiger partial charge in [0.25, 0.3) is 0 Å². The van der Waals surface area contributed by atoms with Crippen LogP contribution in [0.5, 0.6) is 0 Å². The number of ether oxygens (including phenoxy) is 1. The van der Waals surface area contributed by atoms with Gasteiger partial charge in [0, 0.05) is 16.9 Å². The van der Waals surface area contributed by atoms with Gasteiger partial charge < -0.3 is 21.3 Å². The largest absolute Gasteiger partial charge is 0.465 e. The third-order valence-corrected chi connectivity index (χ3v) is 3.20. The number of esters is 1. The summed E-state index contributed by atoms with van der Waals surface area (Å²) in [5, 5.41) is 16.9. The van der Waals surface area contributed by atoms with Crippen molar-refractivity contribution in [3.63, 3.8) is 0 Å². The number of aliphatic hydroxyl groups excluding tert-OH is 1. The fourth-order valence-electron chi connectivity index (χ4n) is 1.94. The van der Waals surface area contributed by atoms with E-state index in [4.69, 9.17) is 16.6 Å². The van der Waals surface area contributed by atoms with Crippen LogP contribution in [0.4, 0.5) is 22.7 Å². The van der Waals surface area contributed by atoms with E-state index < -0.39 is 18.4 Å². The van der Waals surface area contributed by atoms with Crippen molar-refractivity contribution in [1.29, 1.82) is 0 Å². The van der Waals surface area contributed by atoms with Crippen LogP contribution in [0.1, 0.15) is 20.7 Å². The minimum Gasteiger partial charge on any atom is -0.465 e. The Morgan fingerprint density at radius 2 is 1.50 bits per heavy atom. The van der Waals surface area contributed by atoms with Crippen molar-refractivity contribution in [2.75, 3.05) is 25.2 Å². The van der Waals surface area contributed by atoms with Crippen molar-refractivity contribution in [3.8, 4) is 0 Å². The first-order valence-electron chi connectivity index (χ1n) is 6.89. The number of methoxy groups -OCH3 is 1. The fraction of sp³-hybridized carbons (Fsp3) is 0.125. The van der Waals surface area contributed by atoms with Crippen LogP contribution in [0.15, 0.2) is 46.6 Å². The van der Waals surface area contributed by atoms with Crippen LogP contribution in [0.2, 0.25) is 0 Å². The number of Topliss-reactive ketones (excluding diaryl/α,β-unsaturated/α-hetero) is 1. The lowest BCUT2D eigenvalue weighted by atomic mass is 10.1. The minimum absolute atomic E-state index is 0.168. The van der Waals surface area contributed by atoms with E-state index in [1.807, 2.05) is 0 Å². The van der Waals surface area contributed by atoms with Gasteiger partial charge in [-0.25, -0.2) is 4.79 Å². The lowest BCUT2D eigenvalue weighted by Gasteiger charge is -2.05. The average molecular weight is 328 g/mol. The van der Waals surface area contributed by atoms with E-state index in [1.165, 1.54) is 31.4 Å². The Morgan fingerprint density at radius 1 is 1.00 bits per heavy atom. The summed E-state index contributed by atoms with van der Waals surface area (Å²) in [5.41, 5.74) is 13.0. The molecule has 24 heavy (non-hydrogen) atoms. The predicted molar refractivity (Wildman–Crippen MR) is 88.6 cm³/mol. The van der Waals surface area contributed by atoms with E-state index in [0.29, 0.717) is 11.4 Å². The standard InChI is InChI=1S/C16H16N4O4/c1-24-16(23)12-7-10(3-5-14(12)18)20-19-9-2-4-13(17)11(6-9)15(22)8-21/h2-7,21H,8,17-18H2,1H3. The number of carbonyl (C=O) groups is 2. The van der Waals surface area contributed by atoms with Crippen LogP contribution in [-0.4, -0.2) is 30.6 Å². The van der Waals surface area contributed by atoms with Crippen molar-refractivity contribution in [3.05, 3.63) is 47.5 Å². The molecule has 0 fully saturated rings. The van der Waals surface area contributed by atoms with E-state index in [9.17, 15) is 9.59 Å². The van der Waals surface area contributed by atoms with E-state index in [2.05, 4.69) is 15.0 Å². The molecule has 2 aromatic rings. The van der Waals surface area contributed by atoms with Crippen LogP contribution in [0.3, 0.4) is 0 Å². The maximum Gasteiger partial charge on any atom is 0.340 e. The molecule has 0 aliphatic carbocycles. The monoisotopic (exact) mass is 328 g/mol. The summed E-state index contributed by atoms with van der Waals surface area (Å²) in [5.74, 6) is -1.09. The summed E-state index contributed by atoms with van der Waals surface area (Å²) in [6, 6.07) is 9.05. The number of benzene rings is 2. The highest BCUT2D eigenvalue weighted by Crippen LogP contribution is 2.25. The zero-order valence-corrected chi connectivity index (χ0v) is 12.9. The van der Waals surface area contributed by atoms with Crippen LogP contribution < -0.4 is 11.5 Å². The van der Waals surface area contributed by atoms with E-state index in [-0.39, 0.29) is 22.5 Å². The summed E-state index contributed by atoms with van der Waals surface area (Å²) in [6.45, 7) is -0.648.